The Bertz CT molecular complexity index is 1530. The van der Waals surface area contributed by atoms with Crippen molar-refractivity contribution in [2.75, 3.05) is 47.5 Å². The molecule has 0 amide bonds. The normalized spacial score (nSPS) is 12.6. The predicted molar refractivity (Wildman–Crippen MR) is 402 cm³/mol. The summed E-state index contributed by atoms with van der Waals surface area (Å²) in [6.45, 7) is 4.98. The number of hydrogen-bond donors (Lipinski definition) is 1. The first-order chi connectivity index (χ1) is 45.6. The molecule has 0 aliphatic rings. The van der Waals surface area contributed by atoms with Crippen LogP contribution in [0, 0.1) is 0 Å². The SMILES string of the molecule is CCCCCCCCCC/C=C\CCCCCCCCCCCCCCCCCCCCCCCCCCCC(=O)OC(COC(=O)CCCCCCCCCCCCCCCCCCCCCCCCCCCCCCCCC)COC(OCC[N+](C)(C)C)C(=O)O. The number of esters is 2. The van der Waals surface area contributed by atoms with E-state index in [1.807, 2.05) is 21.1 Å². The van der Waals surface area contributed by atoms with Gasteiger partial charge in [-0.3, -0.25) is 9.59 Å². The van der Waals surface area contributed by atoms with E-state index in [4.69, 9.17) is 18.9 Å². The largest absolute Gasteiger partial charge is 0.477 e. The van der Waals surface area contributed by atoms with E-state index in [1.165, 1.54) is 385 Å². The van der Waals surface area contributed by atoms with E-state index in [0.717, 1.165) is 38.5 Å². The molecule has 0 fully saturated rings. The van der Waals surface area contributed by atoms with Crippen LogP contribution >= 0.6 is 0 Å². The van der Waals surface area contributed by atoms with Crippen molar-refractivity contribution in [2.24, 2.45) is 0 Å². The van der Waals surface area contributed by atoms with Crippen LogP contribution in [-0.4, -0.2) is 87.4 Å². The van der Waals surface area contributed by atoms with E-state index in [-0.39, 0.29) is 38.2 Å². The first-order valence-corrected chi connectivity index (χ1v) is 41.9. The third kappa shape index (κ3) is 77.3. The Morgan fingerprint density at radius 1 is 0.312 bits per heavy atom. The number of allylic oxidation sites excluding steroid dienone is 2. The number of carboxylic acids is 1. The van der Waals surface area contributed by atoms with Crippen LogP contribution in [0.1, 0.15) is 450 Å². The number of carbonyl (C=O) groups excluding carboxylic acids is 2. The third-order valence-corrected chi connectivity index (χ3v) is 19.5. The fraction of sp³-hybridized carbons (Fsp3) is 0.940. The first-order valence-electron chi connectivity index (χ1n) is 41.9. The van der Waals surface area contributed by atoms with Gasteiger partial charge in [0.05, 0.1) is 34.4 Å². The molecule has 0 heterocycles. The maximum Gasteiger partial charge on any atom is 0.361 e. The second-order valence-corrected chi connectivity index (χ2v) is 30.2. The Morgan fingerprint density at radius 2 is 0.548 bits per heavy atom. The number of aliphatic carboxylic acids is 1. The van der Waals surface area contributed by atoms with Gasteiger partial charge in [0.1, 0.15) is 13.2 Å². The van der Waals surface area contributed by atoms with Crippen molar-refractivity contribution < 1.29 is 42.9 Å². The molecular weight excluding hydrogens is 1150 g/mol. The highest BCUT2D eigenvalue weighted by atomic mass is 16.7. The van der Waals surface area contributed by atoms with Crippen LogP contribution in [0.25, 0.3) is 0 Å². The Hall–Kier alpha value is -1.97. The Kier molecular flexibility index (Phi) is 74.2. The van der Waals surface area contributed by atoms with Gasteiger partial charge < -0.3 is 28.5 Å². The topological polar surface area (TPSA) is 108 Å². The third-order valence-electron chi connectivity index (χ3n) is 19.5. The number of carbonyl (C=O) groups is 3. The molecule has 93 heavy (non-hydrogen) atoms. The average Bonchev–Trinajstić information content (AvgIpc) is 3.73. The lowest BCUT2D eigenvalue weighted by molar-refractivity contribution is -0.870. The molecule has 0 aliphatic heterocycles. The molecule has 2 unspecified atom stereocenters. The average molecular weight is 1320 g/mol. The standard InChI is InChI=1S/C84H163NO8/c1-6-8-10-12-14-16-18-20-22-24-26-28-30-32-34-36-38-39-40-41-42-43-45-47-49-51-53-55-57-59-61-63-65-67-69-71-73-75-82(87)93-80(79-92-84(83(88)89)90-77-76-85(3,4)5)78-91-81(86)74-72-70-68-66-64-62-60-58-56-54-52-50-48-46-44-37-35-33-31-29-27-25-23-21-19-17-15-13-11-9-7-2/h24,26,80,84H,6-23,25,27-79H2,1-5H3/p+1/b26-24-. The molecule has 9 nitrogen and oxygen atoms in total. The molecule has 0 spiro atoms. The Balaban J connectivity index is 3.93. The van der Waals surface area contributed by atoms with Crippen LogP contribution in [0.4, 0.5) is 0 Å². The van der Waals surface area contributed by atoms with E-state index in [2.05, 4.69) is 26.0 Å². The van der Waals surface area contributed by atoms with E-state index >= 15 is 0 Å². The summed E-state index contributed by atoms with van der Waals surface area (Å²) in [5.74, 6) is -1.96. The smallest absolute Gasteiger partial charge is 0.361 e. The van der Waals surface area contributed by atoms with Gasteiger partial charge in [-0.1, -0.05) is 411 Å². The number of ether oxygens (including phenoxy) is 4. The van der Waals surface area contributed by atoms with Crippen molar-refractivity contribution in [3.05, 3.63) is 12.2 Å². The van der Waals surface area contributed by atoms with Crippen LogP contribution in [-0.2, 0) is 33.3 Å². The second kappa shape index (κ2) is 75.8. The van der Waals surface area contributed by atoms with Crippen molar-refractivity contribution in [3.63, 3.8) is 0 Å². The quantitative estimate of drug-likeness (QED) is 0.0211. The van der Waals surface area contributed by atoms with E-state index in [0.29, 0.717) is 17.4 Å². The van der Waals surface area contributed by atoms with Crippen molar-refractivity contribution in [3.8, 4) is 0 Å². The lowest BCUT2D eigenvalue weighted by atomic mass is 10.0. The number of likely N-dealkylation sites (N-methyl/N-ethyl adjacent to an activating group) is 1. The van der Waals surface area contributed by atoms with Crippen molar-refractivity contribution in [2.45, 2.75) is 463 Å². The monoisotopic (exact) mass is 1320 g/mol. The summed E-state index contributed by atoms with van der Waals surface area (Å²) in [5, 5.41) is 9.78. The molecule has 1 N–H and O–H groups in total. The van der Waals surface area contributed by atoms with Crippen molar-refractivity contribution in [1.82, 2.24) is 0 Å². The number of nitrogens with zero attached hydrogens (tertiary/aromatic N) is 1. The molecular formula is C84H164NO8+. The molecule has 0 saturated carbocycles. The van der Waals surface area contributed by atoms with Gasteiger partial charge in [0.2, 0.25) is 0 Å². The highest BCUT2D eigenvalue weighted by Crippen LogP contribution is 2.21. The summed E-state index contributed by atoms with van der Waals surface area (Å²) in [4.78, 5) is 37.8. The Labute approximate surface area is 580 Å². The predicted octanol–water partition coefficient (Wildman–Crippen LogP) is 26.7. The minimum Gasteiger partial charge on any atom is -0.477 e. The summed E-state index contributed by atoms with van der Waals surface area (Å²) < 4.78 is 23.1. The molecule has 0 bridgehead atoms. The lowest BCUT2D eigenvalue weighted by Crippen LogP contribution is -2.40. The van der Waals surface area contributed by atoms with Gasteiger partial charge in [0, 0.05) is 12.8 Å². The molecule has 552 valence electrons. The molecule has 0 aromatic rings. The lowest BCUT2D eigenvalue weighted by Gasteiger charge is -2.25. The second-order valence-electron chi connectivity index (χ2n) is 30.2. The van der Waals surface area contributed by atoms with Crippen LogP contribution in [0.15, 0.2) is 12.2 Å². The minimum atomic E-state index is -1.51. The fourth-order valence-electron chi connectivity index (χ4n) is 13.1. The van der Waals surface area contributed by atoms with Gasteiger partial charge >= 0.3 is 17.9 Å². The molecule has 0 aromatic heterocycles. The van der Waals surface area contributed by atoms with Gasteiger partial charge in [-0.15, -0.1) is 0 Å². The zero-order valence-electron chi connectivity index (χ0n) is 63.5. The zero-order valence-corrected chi connectivity index (χ0v) is 63.5. The molecule has 0 saturated heterocycles. The molecule has 0 rings (SSSR count). The van der Waals surface area contributed by atoms with E-state index in [9.17, 15) is 19.5 Å². The summed E-state index contributed by atoms with van der Waals surface area (Å²) >= 11 is 0. The van der Waals surface area contributed by atoms with E-state index in [1.54, 1.807) is 0 Å². The Morgan fingerprint density at radius 3 is 0.796 bits per heavy atom. The number of hydrogen-bond acceptors (Lipinski definition) is 7. The molecule has 2 atom stereocenters. The zero-order chi connectivity index (χ0) is 67.5. The van der Waals surface area contributed by atoms with Crippen molar-refractivity contribution in [1.29, 1.82) is 0 Å². The van der Waals surface area contributed by atoms with Crippen LogP contribution < -0.4 is 0 Å². The summed E-state index contributed by atoms with van der Waals surface area (Å²) in [7, 11) is 6.01. The molecule has 9 heteroatoms. The summed E-state index contributed by atoms with van der Waals surface area (Å²) in [6, 6.07) is 0. The van der Waals surface area contributed by atoms with Gasteiger partial charge in [0.15, 0.2) is 6.10 Å². The number of quaternary nitrogens is 1. The van der Waals surface area contributed by atoms with Gasteiger partial charge in [-0.25, -0.2) is 4.79 Å². The number of unbranched alkanes of at least 4 members (excludes halogenated alkanes) is 63. The van der Waals surface area contributed by atoms with Crippen LogP contribution in [0.5, 0.6) is 0 Å². The van der Waals surface area contributed by atoms with Gasteiger partial charge in [0.25, 0.3) is 6.29 Å². The molecule has 0 aromatic carbocycles. The van der Waals surface area contributed by atoms with E-state index < -0.39 is 18.4 Å². The van der Waals surface area contributed by atoms with Crippen molar-refractivity contribution >= 4 is 17.9 Å². The highest BCUT2D eigenvalue weighted by molar-refractivity contribution is 5.71. The molecule has 0 radical (unpaired) electrons. The maximum atomic E-state index is 13.0. The highest BCUT2D eigenvalue weighted by Gasteiger charge is 2.25. The number of carboxylic acid groups (broad SMARTS) is 1. The van der Waals surface area contributed by atoms with Gasteiger partial charge in [-0.2, -0.15) is 0 Å². The first kappa shape index (κ1) is 91.0. The maximum absolute atomic E-state index is 13.0. The summed E-state index contributed by atoms with van der Waals surface area (Å²) in [5.41, 5.74) is 0. The molecule has 0 aliphatic carbocycles. The fourth-order valence-corrected chi connectivity index (χ4v) is 13.1. The van der Waals surface area contributed by atoms with Gasteiger partial charge in [-0.05, 0) is 38.5 Å². The number of rotatable bonds is 80. The van der Waals surface area contributed by atoms with Crippen LogP contribution in [0.2, 0.25) is 0 Å². The minimum absolute atomic E-state index is 0.172. The summed E-state index contributed by atoms with van der Waals surface area (Å²) in [6.07, 6.45) is 92.5. The van der Waals surface area contributed by atoms with Crippen LogP contribution in [0.3, 0.4) is 0 Å².